The first-order valence-electron chi connectivity index (χ1n) is 5.27. The molecule has 15 heavy (non-hydrogen) atoms. The first kappa shape index (κ1) is 12.1. The zero-order chi connectivity index (χ0) is 11.1. The molecule has 1 aromatic rings. The number of ether oxygens (including phenoxy) is 1. The standard InChI is InChI=1S/C10H18N2O3/c1-3-5-8(13)10-11-9(15-12-10)6-4-7-14-2/h8,13H,3-7H2,1-2H3. The van der Waals surface area contributed by atoms with E-state index in [-0.39, 0.29) is 0 Å². The molecule has 1 atom stereocenters. The van der Waals surface area contributed by atoms with E-state index in [0.29, 0.717) is 31.2 Å². The second-order valence-corrected chi connectivity index (χ2v) is 3.45. The molecule has 0 spiro atoms. The Labute approximate surface area is 89.4 Å². The minimum absolute atomic E-state index is 0.393. The predicted molar refractivity (Wildman–Crippen MR) is 54.4 cm³/mol. The van der Waals surface area contributed by atoms with E-state index in [2.05, 4.69) is 10.1 Å². The maximum Gasteiger partial charge on any atom is 0.226 e. The van der Waals surface area contributed by atoms with Crippen molar-refractivity contribution in [2.45, 2.75) is 38.7 Å². The van der Waals surface area contributed by atoms with Crippen molar-refractivity contribution >= 4 is 0 Å². The number of methoxy groups -OCH3 is 1. The number of aliphatic hydroxyl groups is 1. The lowest BCUT2D eigenvalue weighted by molar-refractivity contribution is 0.152. The summed E-state index contributed by atoms with van der Waals surface area (Å²) in [6, 6.07) is 0. The monoisotopic (exact) mass is 214 g/mol. The van der Waals surface area contributed by atoms with Crippen LogP contribution in [0.1, 0.15) is 44.0 Å². The number of hydrogen-bond acceptors (Lipinski definition) is 5. The summed E-state index contributed by atoms with van der Waals surface area (Å²) in [6.45, 7) is 2.68. The second-order valence-electron chi connectivity index (χ2n) is 3.45. The van der Waals surface area contributed by atoms with Gasteiger partial charge >= 0.3 is 0 Å². The lowest BCUT2D eigenvalue weighted by Crippen LogP contribution is -1.99. The van der Waals surface area contributed by atoms with Crippen molar-refractivity contribution in [1.82, 2.24) is 10.1 Å². The van der Waals surface area contributed by atoms with Crippen molar-refractivity contribution in [2.75, 3.05) is 13.7 Å². The zero-order valence-electron chi connectivity index (χ0n) is 9.27. The topological polar surface area (TPSA) is 68.4 Å². The summed E-state index contributed by atoms with van der Waals surface area (Å²) in [4.78, 5) is 4.12. The van der Waals surface area contributed by atoms with Gasteiger partial charge in [0.05, 0.1) is 0 Å². The van der Waals surface area contributed by atoms with Crippen LogP contribution >= 0.6 is 0 Å². The van der Waals surface area contributed by atoms with Crippen molar-refractivity contribution in [3.05, 3.63) is 11.7 Å². The third-order valence-corrected chi connectivity index (χ3v) is 2.08. The molecule has 0 fully saturated rings. The Morgan fingerprint density at radius 3 is 3.00 bits per heavy atom. The molecule has 1 unspecified atom stereocenters. The third-order valence-electron chi connectivity index (χ3n) is 2.08. The van der Waals surface area contributed by atoms with Crippen molar-refractivity contribution < 1.29 is 14.4 Å². The highest BCUT2D eigenvalue weighted by molar-refractivity contribution is 4.90. The average molecular weight is 214 g/mol. The number of rotatable bonds is 7. The van der Waals surface area contributed by atoms with E-state index < -0.39 is 6.10 Å². The maximum atomic E-state index is 9.60. The summed E-state index contributed by atoms with van der Waals surface area (Å²) in [5, 5.41) is 13.3. The normalized spacial score (nSPS) is 13.0. The van der Waals surface area contributed by atoms with Crippen LogP contribution in [0.4, 0.5) is 0 Å². The van der Waals surface area contributed by atoms with E-state index in [9.17, 15) is 5.11 Å². The summed E-state index contributed by atoms with van der Waals surface area (Å²) in [5.41, 5.74) is 0. The highest BCUT2D eigenvalue weighted by Gasteiger charge is 2.13. The Morgan fingerprint density at radius 2 is 2.33 bits per heavy atom. The summed E-state index contributed by atoms with van der Waals surface area (Å²) in [6.07, 6.45) is 2.50. The van der Waals surface area contributed by atoms with E-state index >= 15 is 0 Å². The maximum absolute atomic E-state index is 9.60. The van der Waals surface area contributed by atoms with Gasteiger partial charge in [0.1, 0.15) is 6.10 Å². The molecule has 1 heterocycles. The van der Waals surface area contributed by atoms with Crippen molar-refractivity contribution in [3.8, 4) is 0 Å². The summed E-state index contributed by atoms with van der Waals surface area (Å²) >= 11 is 0. The molecule has 0 radical (unpaired) electrons. The number of aryl methyl sites for hydroxylation is 1. The van der Waals surface area contributed by atoms with Crippen molar-refractivity contribution in [3.63, 3.8) is 0 Å². The molecule has 0 amide bonds. The van der Waals surface area contributed by atoms with Crippen LogP contribution in [0, 0.1) is 0 Å². The molecule has 0 aliphatic heterocycles. The number of aliphatic hydroxyl groups excluding tert-OH is 1. The fourth-order valence-electron chi connectivity index (χ4n) is 1.28. The summed E-state index contributed by atoms with van der Waals surface area (Å²) in [5.74, 6) is 0.960. The Morgan fingerprint density at radius 1 is 1.53 bits per heavy atom. The fourth-order valence-corrected chi connectivity index (χ4v) is 1.28. The smallest absolute Gasteiger partial charge is 0.226 e. The quantitative estimate of drug-likeness (QED) is 0.696. The lowest BCUT2D eigenvalue weighted by atomic mass is 10.2. The molecule has 1 aromatic heterocycles. The van der Waals surface area contributed by atoms with Gasteiger partial charge in [0, 0.05) is 20.1 Å². The number of nitrogens with zero attached hydrogens (tertiary/aromatic N) is 2. The molecule has 86 valence electrons. The number of aromatic nitrogens is 2. The van der Waals surface area contributed by atoms with Gasteiger partial charge in [0.2, 0.25) is 5.89 Å². The molecule has 0 bridgehead atoms. The highest BCUT2D eigenvalue weighted by Crippen LogP contribution is 2.14. The third kappa shape index (κ3) is 3.97. The van der Waals surface area contributed by atoms with Gasteiger partial charge in [0.15, 0.2) is 5.82 Å². The first-order valence-corrected chi connectivity index (χ1v) is 5.27. The van der Waals surface area contributed by atoms with E-state index in [1.807, 2.05) is 6.92 Å². The molecule has 0 aliphatic rings. The van der Waals surface area contributed by atoms with Crippen molar-refractivity contribution in [2.24, 2.45) is 0 Å². The minimum atomic E-state index is -0.602. The molecule has 0 saturated heterocycles. The van der Waals surface area contributed by atoms with Gasteiger partial charge in [-0.05, 0) is 12.8 Å². The molecule has 0 saturated carbocycles. The predicted octanol–water partition coefficient (Wildman–Crippen LogP) is 1.48. The van der Waals surface area contributed by atoms with Crippen molar-refractivity contribution in [1.29, 1.82) is 0 Å². The summed E-state index contributed by atoms with van der Waals surface area (Å²) in [7, 11) is 1.66. The largest absolute Gasteiger partial charge is 0.385 e. The molecule has 0 aromatic carbocycles. The molecular weight excluding hydrogens is 196 g/mol. The Balaban J connectivity index is 2.41. The van der Waals surface area contributed by atoms with Crippen LogP contribution in [0.15, 0.2) is 4.52 Å². The fraction of sp³-hybridized carbons (Fsp3) is 0.800. The van der Waals surface area contributed by atoms with Gasteiger partial charge < -0.3 is 14.4 Å². The molecular formula is C10H18N2O3. The van der Waals surface area contributed by atoms with E-state index in [4.69, 9.17) is 9.26 Å². The van der Waals surface area contributed by atoms with Crippen LogP contribution in [0.3, 0.4) is 0 Å². The zero-order valence-corrected chi connectivity index (χ0v) is 9.27. The van der Waals surface area contributed by atoms with Crippen LogP contribution in [0.2, 0.25) is 0 Å². The van der Waals surface area contributed by atoms with Crippen LogP contribution in [-0.4, -0.2) is 29.0 Å². The Bertz CT molecular complexity index is 275. The summed E-state index contributed by atoms with van der Waals surface area (Å²) < 4.78 is 9.92. The van der Waals surface area contributed by atoms with Gasteiger partial charge in [-0.3, -0.25) is 0 Å². The van der Waals surface area contributed by atoms with Gasteiger partial charge in [-0.25, -0.2) is 0 Å². The van der Waals surface area contributed by atoms with E-state index in [1.165, 1.54) is 0 Å². The van der Waals surface area contributed by atoms with Crippen LogP contribution in [0.5, 0.6) is 0 Å². The minimum Gasteiger partial charge on any atom is -0.385 e. The average Bonchev–Trinajstić information content (AvgIpc) is 2.67. The molecule has 0 aliphatic carbocycles. The van der Waals surface area contributed by atoms with Gasteiger partial charge in [-0.2, -0.15) is 4.98 Å². The SMILES string of the molecule is CCCC(O)c1noc(CCCOC)n1. The molecule has 5 nitrogen and oxygen atoms in total. The second kappa shape index (κ2) is 6.53. The Kier molecular flexibility index (Phi) is 5.28. The van der Waals surface area contributed by atoms with Crippen LogP contribution < -0.4 is 0 Å². The van der Waals surface area contributed by atoms with E-state index in [0.717, 1.165) is 12.8 Å². The first-order chi connectivity index (χ1) is 7.27. The van der Waals surface area contributed by atoms with Gasteiger partial charge in [0.25, 0.3) is 0 Å². The highest BCUT2D eigenvalue weighted by atomic mass is 16.5. The number of hydrogen-bond donors (Lipinski definition) is 1. The van der Waals surface area contributed by atoms with Gasteiger partial charge in [-0.1, -0.05) is 18.5 Å². The molecule has 1 N–H and O–H groups in total. The van der Waals surface area contributed by atoms with Crippen LogP contribution in [-0.2, 0) is 11.2 Å². The lowest BCUT2D eigenvalue weighted by Gasteiger charge is -2.01. The van der Waals surface area contributed by atoms with Crippen LogP contribution in [0.25, 0.3) is 0 Å². The van der Waals surface area contributed by atoms with Gasteiger partial charge in [-0.15, -0.1) is 0 Å². The molecule has 1 rings (SSSR count). The Hall–Kier alpha value is -0.940. The molecule has 5 heteroatoms. The van der Waals surface area contributed by atoms with E-state index in [1.54, 1.807) is 7.11 Å².